The first-order chi connectivity index (χ1) is 11.7. The summed E-state index contributed by atoms with van der Waals surface area (Å²) >= 11 is 0. The van der Waals surface area contributed by atoms with E-state index in [4.69, 9.17) is 4.52 Å². The Hall–Kier alpha value is -2.32. The molecule has 0 bridgehead atoms. The van der Waals surface area contributed by atoms with E-state index in [0.29, 0.717) is 23.9 Å². The molecule has 1 saturated heterocycles. The molecule has 8 nitrogen and oxygen atoms in total. The largest absolute Gasteiger partial charge is 0.340 e. The van der Waals surface area contributed by atoms with Crippen molar-refractivity contribution in [2.45, 2.75) is 32.4 Å². The van der Waals surface area contributed by atoms with E-state index in [9.17, 15) is 4.79 Å². The number of pyridine rings is 1. The first-order valence-corrected chi connectivity index (χ1v) is 8.14. The quantitative estimate of drug-likeness (QED) is 0.814. The molecule has 3 heterocycles. The number of aromatic nitrogens is 3. The molecule has 0 spiro atoms. The topological polar surface area (TPSA) is 96.2 Å². The average molecular weight is 330 g/mol. The van der Waals surface area contributed by atoms with E-state index in [1.165, 1.54) is 0 Å². The number of hydrogen-bond donors (Lipinski definition) is 2. The maximum Gasteiger partial charge on any atom is 0.238 e. The lowest BCUT2D eigenvalue weighted by molar-refractivity contribution is -0.115. The van der Waals surface area contributed by atoms with Crippen LogP contribution in [0.5, 0.6) is 0 Å². The van der Waals surface area contributed by atoms with Crippen LogP contribution < -0.4 is 10.6 Å². The van der Waals surface area contributed by atoms with Crippen molar-refractivity contribution in [2.75, 3.05) is 25.0 Å². The van der Waals surface area contributed by atoms with Crippen LogP contribution in [0.3, 0.4) is 0 Å². The molecule has 24 heavy (non-hydrogen) atoms. The number of amides is 1. The van der Waals surface area contributed by atoms with Crippen molar-refractivity contribution in [3.63, 3.8) is 0 Å². The highest BCUT2D eigenvalue weighted by molar-refractivity contribution is 5.92. The molecule has 0 radical (unpaired) electrons. The summed E-state index contributed by atoms with van der Waals surface area (Å²) in [6.45, 7) is 4.63. The van der Waals surface area contributed by atoms with Gasteiger partial charge in [0, 0.05) is 25.7 Å². The predicted octanol–water partition coefficient (Wildman–Crippen LogP) is 0.966. The van der Waals surface area contributed by atoms with Crippen molar-refractivity contribution in [1.29, 1.82) is 0 Å². The second-order valence-corrected chi connectivity index (χ2v) is 5.97. The second-order valence-electron chi connectivity index (χ2n) is 5.97. The first kappa shape index (κ1) is 16.5. The third-order valence-electron chi connectivity index (χ3n) is 3.94. The molecule has 2 aromatic rings. The number of carbonyl (C=O) groups is 1. The van der Waals surface area contributed by atoms with Gasteiger partial charge in [0.2, 0.25) is 11.8 Å². The Bertz CT molecular complexity index is 660. The molecule has 1 amide bonds. The fourth-order valence-corrected chi connectivity index (χ4v) is 2.85. The molecule has 0 aliphatic carbocycles. The number of anilines is 1. The molecule has 1 atom stereocenters. The van der Waals surface area contributed by atoms with Gasteiger partial charge in [0.1, 0.15) is 0 Å². The fourth-order valence-electron chi connectivity index (χ4n) is 2.85. The van der Waals surface area contributed by atoms with Gasteiger partial charge in [0.15, 0.2) is 5.82 Å². The molecule has 1 aliphatic rings. The lowest BCUT2D eigenvalue weighted by Gasteiger charge is -2.32. The minimum absolute atomic E-state index is 0.0612. The monoisotopic (exact) mass is 330 g/mol. The molecule has 2 aromatic heterocycles. The van der Waals surface area contributed by atoms with Gasteiger partial charge in [-0.15, -0.1) is 0 Å². The maximum atomic E-state index is 12.0. The SMILES string of the molecule is Cc1nc(CN2CCC[C@@H](NCC(=O)Nc3cccnc3)C2)no1. The molecular formula is C16H22N6O2. The summed E-state index contributed by atoms with van der Waals surface area (Å²) in [4.78, 5) is 22.5. The van der Waals surface area contributed by atoms with Gasteiger partial charge < -0.3 is 15.2 Å². The van der Waals surface area contributed by atoms with Crippen LogP contribution >= 0.6 is 0 Å². The van der Waals surface area contributed by atoms with E-state index in [0.717, 1.165) is 25.9 Å². The summed E-state index contributed by atoms with van der Waals surface area (Å²) < 4.78 is 5.01. The molecule has 1 fully saturated rings. The maximum absolute atomic E-state index is 12.0. The summed E-state index contributed by atoms with van der Waals surface area (Å²) in [6, 6.07) is 3.90. The Balaban J connectivity index is 1.42. The highest BCUT2D eigenvalue weighted by Gasteiger charge is 2.21. The van der Waals surface area contributed by atoms with Crippen molar-refractivity contribution in [1.82, 2.24) is 25.3 Å². The predicted molar refractivity (Wildman–Crippen MR) is 88.2 cm³/mol. The molecule has 0 aromatic carbocycles. The van der Waals surface area contributed by atoms with Gasteiger partial charge in [-0.2, -0.15) is 4.98 Å². The molecule has 2 N–H and O–H groups in total. The summed E-state index contributed by atoms with van der Waals surface area (Å²) in [6.07, 6.45) is 5.45. The molecular weight excluding hydrogens is 308 g/mol. The van der Waals surface area contributed by atoms with Gasteiger partial charge in [-0.1, -0.05) is 5.16 Å². The Kier molecular flexibility index (Phi) is 5.50. The molecule has 0 unspecified atom stereocenters. The Labute approximate surface area is 140 Å². The zero-order valence-corrected chi connectivity index (χ0v) is 13.7. The summed E-state index contributed by atoms with van der Waals surface area (Å²) in [5, 5.41) is 10.1. The van der Waals surface area contributed by atoms with Gasteiger partial charge >= 0.3 is 0 Å². The number of rotatable bonds is 6. The number of hydrogen-bond acceptors (Lipinski definition) is 7. The summed E-state index contributed by atoms with van der Waals surface area (Å²) in [7, 11) is 0. The fraction of sp³-hybridized carbons (Fsp3) is 0.500. The number of likely N-dealkylation sites (tertiary alicyclic amines) is 1. The van der Waals surface area contributed by atoms with Crippen molar-refractivity contribution in [3.8, 4) is 0 Å². The standard InChI is InChI=1S/C16H22N6O2/c1-12-19-15(21-24-12)11-22-7-3-5-14(10-22)18-9-16(23)20-13-4-2-6-17-8-13/h2,4,6,8,14,18H,3,5,7,9-11H2,1H3,(H,20,23)/t14-/m1/s1. The molecule has 8 heteroatoms. The van der Waals surface area contributed by atoms with Crippen LogP contribution in [0.15, 0.2) is 29.0 Å². The van der Waals surface area contributed by atoms with E-state index in [1.807, 2.05) is 6.07 Å². The normalized spacial score (nSPS) is 18.5. The molecule has 1 aliphatic heterocycles. The van der Waals surface area contributed by atoms with Crippen LogP contribution in [0.4, 0.5) is 5.69 Å². The van der Waals surface area contributed by atoms with Crippen molar-refractivity contribution < 1.29 is 9.32 Å². The lowest BCUT2D eigenvalue weighted by atomic mass is 10.1. The average Bonchev–Trinajstić information content (AvgIpc) is 2.99. The lowest BCUT2D eigenvalue weighted by Crippen LogP contribution is -2.47. The number of piperidine rings is 1. The van der Waals surface area contributed by atoms with Gasteiger partial charge in [-0.05, 0) is 31.5 Å². The van der Waals surface area contributed by atoms with Crippen molar-refractivity contribution in [3.05, 3.63) is 36.2 Å². The highest BCUT2D eigenvalue weighted by Crippen LogP contribution is 2.12. The van der Waals surface area contributed by atoms with Gasteiger partial charge in [-0.25, -0.2) is 0 Å². The van der Waals surface area contributed by atoms with Crippen LogP contribution in [0.1, 0.15) is 24.6 Å². The van der Waals surface area contributed by atoms with E-state index in [2.05, 4.69) is 30.7 Å². The van der Waals surface area contributed by atoms with E-state index >= 15 is 0 Å². The van der Waals surface area contributed by atoms with Crippen LogP contribution in [0, 0.1) is 6.92 Å². The van der Waals surface area contributed by atoms with E-state index in [-0.39, 0.29) is 18.5 Å². The highest BCUT2D eigenvalue weighted by atomic mass is 16.5. The Morgan fingerprint density at radius 1 is 1.50 bits per heavy atom. The zero-order chi connectivity index (χ0) is 16.8. The van der Waals surface area contributed by atoms with Crippen molar-refractivity contribution in [2.24, 2.45) is 0 Å². The first-order valence-electron chi connectivity index (χ1n) is 8.14. The summed E-state index contributed by atoms with van der Waals surface area (Å²) in [5.41, 5.74) is 0.710. The summed E-state index contributed by atoms with van der Waals surface area (Å²) in [5.74, 6) is 1.24. The van der Waals surface area contributed by atoms with Crippen LogP contribution in [0.25, 0.3) is 0 Å². The van der Waals surface area contributed by atoms with Crippen molar-refractivity contribution >= 4 is 11.6 Å². The third kappa shape index (κ3) is 4.84. The Morgan fingerprint density at radius 2 is 2.42 bits per heavy atom. The molecule has 128 valence electrons. The minimum Gasteiger partial charge on any atom is -0.340 e. The zero-order valence-electron chi connectivity index (χ0n) is 13.7. The number of nitrogens with one attached hydrogen (secondary N) is 2. The second kappa shape index (κ2) is 7.98. The van der Waals surface area contributed by atoms with Crippen LogP contribution in [-0.4, -0.2) is 51.6 Å². The van der Waals surface area contributed by atoms with E-state index < -0.39 is 0 Å². The molecule has 0 saturated carbocycles. The van der Waals surface area contributed by atoms with Crippen LogP contribution in [0.2, 0.25) is 0 Å². The van der Waals surface area contributed by atoms with Gasteiger partial charge in [0.05, 0.1) is 25.0 Å². The number of aryl methyl sites for hydroxylation is 1. The molecule has 3 rings (SSSR count). The van der Waals surface area contributed by atoms with Gasteiger partial charge in [0.25, 0.3) is 0 Å². The van der Waals surface area contributed by atoms with E-state index in [1.54, 1.807) is 25.4 Å². The minimum atomic E-state index is -0.0612. The third-order valence-corrected chi connectivity index (χ3v) is 3.94. The number of carbonyl (C=O) groups excluding carboxylic acids is 1. The smallest absolute Gasteiger partial charge is 0.238 e. The number of nitrogens with zero attached hydrogens (tertiary/aromatic N) is 4. The van der Waals surface area contributed by atoms with Gasteiger partial charge in [-0.3, -0.25) is 14.7 Å². The van der Waals surface area contributed by atoms with Crippen LogP contribution in [-0.2, 0) is 11.3 Å². The Morgan fingerprint density at radius 3 is 3.17 bits per heavy atom.